The molecule has 1 aromatic carbocycles. The molecular weight excluding hydrogens is 219 g/mol. The van der Waals surface area contributed by atoms with Crippen LogP contribution in [0, 0.1) is 5.82 Å². The lowest BCUT2D eigenvalue weighted by Crippen LogP contribution is -2.03. The highest BCUT2D eigenvalue weighted by Gasteiger charge is 2.12. The first-order chi connectivity index (χ1) is 7.16. The first-order valence-corrected chi connectivity index (χ1v) is 5.00. The standard InChI is InChI=1S/C11H12ClFO2/c1-15-7-3-6-10(14)8-4-2-5-9(13)11(8)12/h2,4-5H,3,6-7H2,1H3. The molecule has 0 saturated carbocycles. The molecule has 0 aliphatic heterocycles. The summed E-state index contributed by atoms with van der Waals surface area (Å²) in [6.45, 7) is 0.513. The maximum atomic E-state index is 13.0. The normalized spacial score (nSPS) is 10.3. The fraction of sp³-hybridized carbons (Fsp3) is 0.364. The Balaban J connectivity index is 2.69. The number of Topliss-reactive ketones (excluding diaryl/α,β-unsaturated/α-hetero) is 1. The Morgan fingerprint density at radius 3 is 2.93 bits per heavy atom. The first-order valence-electron chi connectivity index (χ1n) is 4.63. The number of carbonyl (C=O) groups is 1. The van der Waals surface area contributed by atoms with Crippen LogP contribution in [0.2, 0.25) is 5.02 Å². The van der Waals surface area contributed by atoms with Gasteiger partial charge in [-0.05, 0) is 18.6 Å². The van der Waals surface area contributed by atoms with Crippen molar-refractivity contribution < 1.29 is 13.9 Å². The van der Waals surface area contributed by atoms with E-state index in [0.717, 1.165) is 0 Å². The van der Waals surface area contributed by atoms with Crippen LogP contribution >= 0.6 is 11.6 Å². The van der Waals surface area contributed by atoms with Gasteiger partial charge in [-0.1, -0.05) is 17.7 Å². The first kappa shape index (κ1) is 12.1. The van der Waals surface area contributed by atoms with E-state index >= 15 is 0 Å². The van der Waals surface area contributed by atoms with Crippen molar-refractivity contribution >= 4 is 17.4 Å². The molecule has 0 saturated heterocycles. The van der Waals surface area contributed by atoms with E-state index in [1.54, 1.807) is 7.11 Å². The molecule has 4 heteroatoms. The van der Waals surface area contributed by atoms with Crippen LogP contribution in [-0.2, 0) is 4.74 Å². The van der Waals surface area contributed by atoms with E-state index < -0.39 is 5.82 Å². The van der Waals surface area contributed by atoms with Gasteiger partial charge in [0.2, 0.25) is 0 Å². The zero-order valence-electron chi connectivity index (χ0n) is 8.43. The Kier molecular flexibility index (Phi) is 4.72. The van der Waals surface area contributed by atoms with Crippen LogP contribution in [0.25, 0.3) is 0 Å². The van der Waals surface area contributed by atoms with Crippen LogP contribution < -0.4 is 0 Å². The highest BCUT2D eigenvalue weighted by Crippen LogP contribution is 2.21. The van der Waals surface area contributed by atoms with E-state index in [9.17, 15) is 9.18 Å². The average molecular weight is 231 g/mol. The van der Waals surface area contributed by atoms with Crippen LogP contribution in [0.1, 0.15) is 23.2 Å². The summed E-state index contributed by atoms with van der Waals surface area (Å²) in [5.74, 6) is -0.717. The number of carbonyl (C=O) groups excluding carboxylic acids is 1. The summed E-state index contributed by atoms with van der Waals surface area (Å²) in [5, 5.41) is -0.0973. The van der Waals surface area contributed by atoms with E-state index in [1.165, 1.54) is 18.2 Å². The molecule has 0 aliphatic rings. The van der Waals surface area contributed by atoms with Crippen molar-refractivity contribution in [2.45, 2.75) is 12.8 Å². The molecule has 0 unspecified atom stereocenters. The number of hydrogen-bond acceptors (Lipinski definition) is 2. The van der Waals surface area contributed by atoms with Gasteiger partial charge in [-0.25, -0.2) is 4.39 Å². The largest absolute Gasteiger partial charge is 0.385 e. The van der Waals surface area contributed by atoms with Gasteiger partial charge >= 0.3 is 0 Å². The van der Waals surface area contributed by atoms with E-state index in [0.29, 0.717) is 19.4 Å². The number of methoxy groups -OCH3 is 1. The third-order valence-corrected chi connectivity index (χ3v) is 2.39. The molecule has 15 heavy (non-hydrogen) atoms. The summed E-state index contributed by atoms with van der Waals surface area (Å²) >= 11 is 5.67. The Morgan fingerprint density at radius 2 is 2.27 bits per heavy atom. The molecule has 82 valence electrons. The van der Waals surface area contributed by atoms with Crippen molar-refractivity contribution in [3.05, 3.63) is 34.6 Å². The summed E-state index contributed by atoms with van der Waals surface area (Å²) in [6.07, 6.45) is 0.930. The lowest BCUT2D eigenvalue weighted by molar-refractivity contribution is 0.0963. The van der Waals surface area contributed by atoms with Gasteiger partial charge < -0.3 is 4.74 Å². The van der Waals surface area contributed by atoms with Gasteiger partial charge in [0.1, 0.15) is 5.82 Å². The molecule has 0 aliphatic carbocycles. The summed E-state index contributed by atoms with van der Waals surface area (Å²) in [7, 11) is 1.57. The second-order valence-electron chi connectivity index (χ2n) is 3.12. The summed E-state index contributed by atoms with van der Waals surface area (Å²) < 4.78 is 17.8. The average Bonchev–Trinajstić information content (AvgIpc) is 2.22. The smallest absolute Gasteiger partial charge is 0.164 e. The molecule has 0 amide bonds. The molecule has 0 aromatic heterocycles. The zero-order chi connectivity index (χ0) is 11.3. The molecule has 0 heterocycles. The SMILES string of the molecule is COCCCC(=O)c1cccc(F)c1Cl. The number of halogens is 2. The Bertz CT molecular complexity index is 352. The maximum absolute atomic E-state index is 13.0. The summed E-state index contributed by atoms with van der Waals surface area (Å²) in [4.78, 5) is 11.6. The molecule has 2 nitrogen and oxygen atoms in total. The van der Waals surface area contributed by atoms with Gasteiger partial charge in [-0.2, -0.15) is 0 Å². The third kappa shape index (κ3) is 3.29. The number of ether oxygens (including phenoxy) is 1. The van der Waals surface area contributed by atoms with Crippen LogP contribution in [0.3, 0.4) is 0 Å². The molecular formula is C11H12ClFO2. The predicted octanol–water partition coefficient (Wildman–Crippen LogP) is 3.09. The zero-order valence-corrected chi connectivity index (χ0v) is 9.18. The molecule has 0 bridgehead atoms. The van der Waals surface area contributed by atoms with Gasteiger partial charge in [0.25, 0.3) is 0 Å². The Labute approximate surface area is 93.0 Å². The Morgan fingerprint density at radius 1 is 1.53 bits per heavy atom. The lowest BCUT2D eigenvalue weighted by Gasteiger charge is -2.03. The number of benzene rings is 1. The topological polar surface area (TPSA) is 26.3 Å². The molecule has 1 aromatic rings. The third-order valence-electron chi connectivity index (χ3n) is 2.00. The highest BCUT2D eigenvalue weighted by atomic mass is 35.5. The van der Waals surface area contributed by atoms with E-state index in [-0.39, 0.29) is 16.4 Å². The minimum Gasteiger partial charge on any atom is -0.385 e. The van der Waals surface area contributed by atoms with Crippen molar-refractivity contribution in [3.8, 4) is 0 Å². The van der Waals surface area contributed by atoms with E-state index in [1.807, 2.05) is 0 Å². The second-order valence-corrected chi connectivity index (χ2v) is 3.50. The van der Waals surface area contributed by atoms with Crippen molar-refractivity contribution in [1.29, 1.82) is 0 Å². The second kappa shape index (κ2) is 5.83. The molecule has 0 fully saturated rings. The monoisotopic (exact) mass is 230 g/mol. The summed E-state index contributed by atoms with van der Waals surface area (Å²) in [5.41, 5.74) is 0.243. The highest BCUT2D eigenvalue weighted by molar-refractivity contribution is 6.34. The molecule has 1 rings (SSSR count). The van der Waals surface area contributed by atoms with Gasteiger partial charge in [-0.3, -0.25) is 4.79 Å². The van der Waals surface area contributed by atoms with Gasteiger partial charge in [0.15, 0.2) is 5.78 Å². The molecule has 0 spiro atoms. The number of rotatable bonds is 5. The van der Waals surface area contributed by atoms with Crippen LogP contribution in [0.15, 0.2) is 18.2 Å². The molecule has 0 atom stereocenters. The van der Waals surface area contributed by atoms with E-state index in [4.69, 9.17) is 16.3 Å². The van der Waals surface area contributed by atoms with Crippen molar-refractivity contribution in [2.24, 2.45) is 0 Å². The van der Waals surface area contributed by atoms with Crippen LogP contribution in [0.4, 0.5) is 4.39 Å². The van der Waals surface area contributed by atoms with Crippen LogP contribution in [0.5, 0.6) is 0 Å². The lowest BCUT2D eigenvalue weighted by atomic mass is 10.1. The quantitative estimate of drug-likeness (QED) is 0.574. The molecule has 0 radical (unpaired) electrons. The van der Waals surface area contributed by atoms with Crippen molar-refractivity contribution in [3.63, 3.8) is 0 Å². The minimum atomic E-state index is -0.561. The minimum absolute atomic E-state index is 0.0973. The Hall–Kier alpha value is -0.930. The fourth-order valence-electron chi connectivity index (χ4n) is 1.23. The van der Waals surface area contributed by atoms with Gasteiger partial charge in [0.05, 0.1) is 5.02 Å². The molecule has 0 N–H and O–H groups in total. The van der Waals surface area contributed by atoms with Crippen LogP contribution in [-0.4, -0.2) is 19.5 Å². The number of ketones is 1. The van der Waals surface area contributed by atoms with Gasteiger partial charge in [0, 0.05) is 25.7 Å². The summed E-state index contributed by atoms with van der Waals surface area (Å²) in [6, 6.07) is 4.24. The fourth-order valence-corrected chi connectivity index (χ4v) is 1.46. The van der Waals surface area contributed by atoms with E-state index in [2.05, 4.69) is 0 Å². The maximum Gasteiger partial charge on any atom is 0.164 e. The van der Waals surface area contributed by atoms with Crippen molar-refractivity contribution in [1.82, 2.24) is 0 Å². The number of hydrogen-bond donors (Lipinski definition) is 0. The van der Waals surface area contributed by atoms with Crippen molar-refractivity contribution in [2.75, 3.05) is 13.7 Å². The predicted molar refractivity (Wildman–Crippen MR) is 56.9 cm³/mol. The van der Waals surface area contributed by atoms with Gasteiger partial charge in [-0.15, -0.1) is 0 Å².